The maximum atomic E-state index is 6.06. The van der Waals surface area contributed by atoms with Crippen molar-refractivity contribution in [2.45, 2.75) is 25.2 Å². The highest BCUT2D eigenvalue weighted by molar-refractivity contribution is 8.34. The zero-order chi connectivity index (χ0) is 8.97. The first-order chi connectivity index (χ1) is 5.77. The van der Waals surface area contributed by atoms with Crippen LogP contribution in [-0.2, 0) is 6.42 Å². The summed E-state index contributed by atoms with van der Waals surface area (Å²) in [5, 5.41) is 2.02. The van der Waals surface area contributed by atoms with Gasteiger partial charge < -0.3 is 0 Å². The third kappa shape index (κ3) is 2.36. The van der Waals surface area contributed by atoms with Gasteiger partial charge in [-0.25, -0.2) is 0 Å². The van der Waals surface area contributed by atoms with Gasteiger partial charge in [0, 0.05) is 4.90 Å². The summed E-state index contributed by atoms with van der Waals surface area (Å²) in [7, 11) is 5.85. The zero-order valence-corrected chi connectivity index (χ0v) is 8.95. The molecule has 0 saturated heterocycles. The van der Waals surface area contributed by atoms with Gasteiger partial charge in [0.15, 0.2) is 0 Å². The van der Waals surface area contributed by atoms with Gasteiger partial charge in [0.2, 0.25) is 0 Å². The van der Waals surface area contributed by atoms with Crippen molar-refractivity contribution in [3.63, 3.8) is 0 Å². The molecule has 12 heavy (non-hydrogen) atoms. The van der Waals surface area contributed by atoms with Crippen LogP contribution < -0.4 is 0 Å². The first-order valence-electron chi connectivity index (χ1n) is 4.05. The fourth-order valence-electron chi connectivity index (χ4n) is 0.991. The lowest BCUT2D eigenvalue weighted by molar-refractivity contribution is 1.13. The fraction of sp³-hybridized carbons (Fsp3) is 0.300. The monoisotopic (exact) mass is 200 g/mol. The molecule has 2 heteroatoms. The van der Waals surface area contributed by atoms with E-state index < -0.39 is 0 Å². The Kier molecular flexibility index (Phi) is 3.83. The highest BCUT2D eigenvalue weighted by atomic mass is 35.7. The number of hydrogen-bond donors (Lipinski definition) is 0. The predicted molar refractivity (Wildman–Crippen MR) is 59.3 cm³/mol. The second-order valence-corrected chi connectivity index (χ2v) is 5.03. The Morgan fingerprint density at radius 1 is 1.33 bits per heavy atom. The number of benzene rings is 1. The molecule has 1 atom stereocenters. The summed E-state index contributed by atoms with van der Waals surface area (Å²) < 4.78 is 0. The van der Waals surface area contributed by atoms with E-state index in [1.807, 2.05) is 12.3 Å². The van der Waals surface area contributed by atoms with Crippen molar-refractivity contribution in [3.05, 3.63) is 29.8 Å². The molecule has 1 unspecified atom stereocenters. The summed E-state index contributed by atoms with van der Waals surface area (Å²) >= 11 is 0. The molecule has 1 aromatic rings. The SMILES string of the molecule is C/C=S(/Cl)c1ccc(CC)cc1. The van der Waals surface area contributed by atoms with Crippen LogP contribution in [0.5, 0.6) is 0 Å². The molecule has 0 aromatic heterocycles. The van der Waals surface area contributed by atoms with Crippen LogP contribution in [0.1, 0.15) is 19.4 Å². The molecule has 0 amide bonds. The maximum Gasteiger partial charge on any atom is 0.0161 e. The van der Waals surface area contributed by atoms with Crippen LogP contribution in [0.3, 0.4) is 0 Å². The normalized spacial score (nSPS) is 13.2. The topological polar surface area (TPSA) is 0 Å². The Hall–Kier alpha value is -0.270. The van der Waals surface area contributed by atoms with E-state index in [9.17, 15) is 0 Å². The number of halogens is 1. The zero-order valence-electron chi connectivity index (χ0n) is 7.38. The highest BCUT2D eigenvalue weighted by Crippen LogP contribution is 2.30. The standard InChI is InChI=1S/C10H13ClS/c1-3-9-5-7-10(8-6-9)12(11)4-2/h4-8H,3H2,1-2H3. The lowest BCUT2D eigenvalue weighted by Crippen LogP contribution is -1.78. The molecule has 0 heterocycles. The van der Waals surface area contributed by atoms with E-state index in [1.54, 1.807) is 0 Å². The molecular weight excluding hydrogens is 188 g/mol. The van der Waals surface area contributed by atoms with Crippen LogP contribution in [0.4, 0.5) is 0 Å². The number of rotatable bonds is 2. The van der Waals surface area contributed by atoms with Crippen LogP contribution in [-0.4, -0.2) is 5.37 Å². The molecule has 1 rings (SSSR count). The lowest BCUT2D eigenvalue weighted by atomic mass is 10.2. The maximum absolute atomic E-state index is 6.06. The highest BCUT2D eigenvalue weighted by Gasteiger charge is 1.94. The summed E-state index contributed by atoms with van der Waals surface area (Å²) in [6, 6.07) is 8.49. The summed E-state index contributed by atoms with van der Waals surface area (Å²) in [6.07, 6.45) is 1.09. The third-order valence-electron chi connectivity index (χ3n) is 1.76. The molecule has 0 spiro atoms. The van der Waals surface area contributed by atoms with Crippen LogP contribution in [0.2, 0.25) is 0 Å². The van der Waals surface area contributed by atoms with Gasteiger partial charge in [-0.2, -0.15) is 0 Å². The molecule has 1 aromatic carbocycles. The molecule has 66 valence electrons. The minimum atomic E-state index is -0.203. The second-order valence-electron chi connectivity index (χ2n) is 2.52. The molecule has 0 bridgehead atoms. The van der Waals surface area contributed by atoms with Crippen molar-refractivity contribution < 1.29 is 0 Å². The molecule has 0 aliphatic rings. The summed E-state index contributed by atoms with van der Waals surface area (Å²) in [6.45, 7) is 4.14. The van der Waals surface area contributed by atoms with Gasteiger partial charge in [-0.15, -0.1) is 0 Å². The van der Waals surface area contributed by atoms with Gasteiger partial charge >= 0.3 is 0 Å². The number of aryl methyl sites for hydroxylation is 1. The molecule has 0 N–H and O–H groups in total. The van der Waals surface area contributed by atoms with Gasteiger partial charge in [0.05, 0.1) is 0 Å². The summed E-state index contributed by atoms with van der Waals surface area (Å²) in [5.74, 6) is 0. The largest absolute Gasteiger partial charge is 0.0673 e. The lowest BCUT2D eigenvalue weighted by Gasteiger charge is -2.00. The van der Waals surface area contributed by atoms with Gasteiger partial charge in [0.25, 0.3) is 0 Å². The average Bonchev–Trinajstić information content (AvgIpc) is 2.17. The predicted octanol–water partition coefficient (Wildman–Crippen LogP) is 3.85. The smallest absolute Gasteiger partial charge is 0.0161 e. The first-order valence-corrected chi connectivity index (χ1v) is 6.17. The Labute approximate surface area is 81.0 Å². The Balaban J connectivity index is 2.92. The summed E-state index contributed by atoms with van der Waals surface area (Å²) in [4.78, 5) is 1.20. The molecular formula is C10H13ClS. The molecule has 0 nitrogen and oxygen atoms in total. The Bertz CT molecular complexity index is 274. The van der Waals surface area contributed by atoms with E-state index in [1.165, 1.54) is 10.5 Å². The van der Waals surface area contributed by atoms with E-state index in [2.05, 4.69) is 31.2 Å². The van der Waals surface area contributed by atoms with Crippen molar-refractivity contribution in [3.8, 4) is 0 Å². The summed E-state index contributed by atoms with van der Waals surface area (Å²) in [5.41, 5.74) is 1.36. The number of hydrogen-bond acceptors (Lipinski definition) is 0. The van der Waals surface area contributed by atoms with Crippen LogP contribution >= 0.6 is 20.4 Å². The van der Waals surface area contributed by atoms with E-state index in [0.717, 1.165) is 6.42 Å². The van der Waals surface area contributed by atoms with Gasteiger partial charge in [-0.3, -0.25) is 0 Å². The van der Waals surface area contributed by atoms with Crippen LogP contribution in [0, 0.1) is 0 Å². The van der Waals surface area contributed by atoms with Gasteiger partial charge in [0.1, 0.15) is 0 Å². The molecule has 0 fully saturated rings. The Morgan fingerprint density at radius 2 is 1.92 bits per heavy atom. The second kappa shape index (κ2) is 4.68. The van der Waals surface area contributed by atoms with E-state index >= 15 is 0 Å². The van der Waals surface area contributed by atoms with Crippen molar-refractivity contribution in [2.24, 2.45) is 0 Å². The van der Waals surface area contributed by atoms with Gasteiger partial charge in [-0.05, 0) is 47.1 Å². The molecule has 0 radical (unpaired) electrons. The van der Waals surface area contributed by atoms with Crippen LogP contribution in [0.15, 0.2) is 29.2 Å². The quantitative estimate of drug-likeness (QED) is 0.637. The van der Waals surface area contributed by atoms with E-state index in [0.29, 0.717) is 0 Å². The van der Waals surface area contributed by atoms with Crippen molar-refractivity contribution in [1.29, 1.82) is 0 Å². The van der Waals surface area contributed by atoms with E-state index in [4.69, 9.17) is 10.7 Å². The first kappa shape index (κ1) is 9.82. The Morgan fingerprint density at radius 3 is 2.33 bits per heavy atom. The van der Waals surface area contributed by atoms with Crippen molar-refractivity contribution in [2.75, 3.05) is 0 Å². The molecule has 0 aliphatic heterocycles. The van der Waals surface area contributed by atoms with Crippen molar-refractivity contribution >= 4 is 25.7 Å². The van der Waals surface area contributed by atoms with Gasteiger partial charge in [-0.1, -0.05) is 28.8 Å². The minimum Gasteiger partial charge on any atom is -0.0673 e. The van der Waals surface area contributed by atoms with Crippen LogP contribution in [0.25, 0.3) is 0 Å². The minimum absolute atomic E-state index is 0.203. The third-order valence-corrected chi connectivity index (χ3v) is 3.97. The van der Waals surface area contributed by atoms with E-state index in [-0.39, 0.29) is 9.70 Å². The fourth-order valence-corrected chi connectivity index (χ4v) is 1.97. The molecule has 0 saturated carbocycles. The average molecular weight is 201 g/mol. The van der Waals surface area contributed by atoms with Crippen molar-refractivity contribution in [1.82, 2.24) is 0 Å². The molecule has 0 aliphatic carbocycles.